The summed E-state index contributed by atoms with van der Waals surface area (Å²) in [6.45, 7) is 0. The first-order valence-electron chi connectivity index (χ1n) is 7.56. The van der Waals surface area contributed by atoms with Gasteiger partial charge in [-0.15, -0.1) is 0 Å². The molecular formula is C16H23N3O2. The Bertz CT molecular complexity index is 479. The largest absolute Gasteiger partial charge is 0.341 e. The van der Waals surface area contributed by atoms with Crippen molar-refractivity contribution in [3.63, 3.8) is 0 Å². The molecule has 0 bridgehead atoms. The van der Waals surface area contributed by atoms with Crippen molar-refractivity contribution < 1.29 is 9.59 Å². The van der Waals surface area contributed by atoms with E-state index in [1.807, 2.05) is 0 Å². The summed E-state index contributed by atoms with van der Waals surface area (Å²) in [5, 5.41) is 8.05. The third kappa shape index (κ3) is 5.10. The monoisotopic (exact) mass is 289 g/mol. The Kier molecular flexibility index (Phi) is 5.60. The maximum absolute atomic E-state index is 11.9. The first-order chi connectivity index (χ1) is 10.2. The van der Waals surface area contributed by atoms with E-state index in [-0.39, 0.29) is 11.9 Å². The van der Waals surface area contributed by atoms with E-state index in [1.54, 1.807) is 31.3 Å². The normalized spacial score (nSPS) is 14.7. The summed E-state index contributed by atoms with van der Waals surface area (Å²) in [5.74, 6) is 0.795. The molecule has 1 fully saturated rings. The number of amides is 3. The molecule has 1 aromatic carbocycles. The Balaban J connectivity index is 1.76. The van der Waals surface area contributed by atoms with Crippen molar-refractivity contribution in [2.24, 2.45) is 5.92 Å². The highest BCUT2D eigenvalue weighted by atomic mass is 16.2. The number of urea groups is 1. The molecule has 114 valence electrons. The Hall–Kier alpha value is -2.04. The van der Waals surface area contributed by atoms with E-state index in [9.17, 15) is 9.59 Å². The molecule has 3 N–H and O–H groups in total. The van der Waals surface area contributed by atoms with E-state index in [4.69, 9.17) is 0 Å². The summed E-state index contributed by atoms with van der Waals surface area (Å²) < 4.78 is 0. The zero-order chi connectivity index (χ0) is 15.1. The number of carbonyl (C=O) groups excluding carboxylic acids is 2. The van der Waals surface area contributed by atoms with Gasteiger partial charge in [-0.25, -0.2) is 4.79 Å². The standard InChI is InChI=1S/C16H23N3O2/c1-17-16(21)19-14-9-7-13(8-10-14)18-15(20)11-6-12-4-2-3-5-12/h7-10,12H,2-6,11H2,1H3,(H,18,20)(H2,17,19,21). The first kappa shape index (κ1) is 15.4. The van der Waals surface area contributed by atoms with Gasteiger partial charge in [0.25, 0.3) is 0 Å². The van der Waals surface area contributed by atoms with Crippen LogP contribution in [0.1, 0.15) is 38.5 Å². The molecule has 1 aliphatic rings. The number of anilines is 2. The van der Waals surface area contributed by atoms with E-state index in [2.05, 4.69) is 16.0 Å². The Morgan fingerprint density at radius 3 is 2.19 bits per heavy atom. The van der Waals surface area contributed by atoms with E-state index in [0.717, 1.165) is 18.0 Å². The molecule has 1 aromatic rings. The zero-order valence-electron chi connectivity index (χ0n) is 12.4. The fourth-order valence-corrected chi connectivity index (χ4v) is 2.69. The minimum atomic E-state index is -0.261. The third-order valence-electron chi connectivity index (χ3n) is 3.91. The van der Waals surface area contributed by atoms with Crippen LogP contribution in [-0.2, 0) is 4.79 Å². The van der Waals surface area contributed by atoms with Crippen LogP contribution in [0.4, 0.5) is 16.2 Å². The summed E-state index contributed by atoms with van der Waals surface area (Å²) in [7, 11) is 1.56. The fraction of sp³-hybridized carbons (Fsp3) is 0.500. The highest BCUT2D eigenvalue weighted by molar-refractivity contribution is 5.92. The van der Waals surface area contributed by atoms with Gasteiger partial charge in [-0.1, -0.05) is 25.7 Å². The second kappa shape index (κ2) is 7.67. The Morgan fingerprint density at radius 2 is 1.62 bits per heavy atom. The molecule has 3 amide bonds. The van der Waals surface area contributed by atoms with Crippen LogP contribution in [0.5, 0.6) is 0 Å². The lowest BCUT2D eigenvalue weighted by Gasteiger charge is -2.10. The molecule has 0 unspecified atom stereocenters. The summed E-state index contributed by atoms with van der Waals surface area (Å²) in [4.78, 5) is 23.1. The molecule has 0 aliphatic heterocycles. The van der Waals surface area contributed by atoms with E-state index < -0.39 is 0 Å². The van der Waals surface area contributed by atoms with Gasteiger partial charge in [0.05, 0.1) is 0 Å². The predicted molar refractivity (Wildman–Crippen MR) is 84.3 cm³/mol. The lowest BCUT2D eigenvalue weighted by molar-refractivity contribution is -0.116. The highest BCUT2D eigenvalue weighted by Crippen LogP contribution is 2.28. The molecular weight excluding hydrogens is 266 g/mol. The van der Waals surface area contributed by atoms with E-state index >= 15 is 0 Å². The van der Waals surface area contributed by atoms with Crippen LogP contribution < -0.4 is 16.0 Å². The molecule has 1 saturated carbocycles. The smallest absolute Gasteiger partial charge is 0.318 e. The van der Waals surface area contributed by atoms with Gasteiger partial charge in [-0.2, -0.15) is 0 Å². The summed E-state index contributed by atoms with van der Waals surface area (Å²) in [6, 6.07) is 6.85. The number of nitrogens with one attached hydrogen (secondary N) is 3. The number of carbonyl (C=O) groups is 2. The second-order valence-electron chi connectivity index (χ2n) is 5.52. The zero-order valence-corrected chi connectivity index (χ0v) is 12.4. The summed E-state index contributed by atoms with van der Waals surface area (Å²) in [5.41, 5.74) is 1.45. The molecule has 5 heteroatoms. The van der Waals surface area contributed by atoms with E-state index in [0.29, 0.717) is 12.1 Å². The molecule has 0 atom stereocenters. The first-order valence-corrected chi connectivity index (χ1v) is 7.56. The lowest BCUT2D eigenvalue weighted by atomic mass is 10.0. The molecule has 1 aliphatic carbocycles. The van der Waals surface area contributed by atoms with Gasteiger partial charge in [0.15, 0.2) is 0 Å². The third-order valence-corrected chi connectivity index (χ3v) is 3.91. The van der Waals surface area contributed by atoms with Crippen molar-refractivity contribution in [2.45, 2.75) is 38.5 Å². The maximum atomic E-state index is 11.9. The van der Waals surface area contributed by atoms with Crippen LogP contribution in [0.25, 0.3) is 0 Å². The molecule has 0 spiro atoms. The van der Waals surface area contributed by atoms with Gasteiger partial charge < -0.3 is 16.0 Å². The van der Waals surface area contributed by atoms with Crippen molar-refractivity contribution in [3.05, 3.63) is 24.3 Å². The Labute approximate surface area is 125 Å². The topological polar surface area (TPSA) is 70.2 Å². The number of hydrogen-bond acceptors (Lipinski definition) is 2. The summed E-state index contributed by atoms with van der Waals surface area (Å²) in [6.07, 6.45) is 6.74. The Morgan fingerprint density at radius 1 is 1.05 bits per heavy atom. The van der Waals surface area contributed by atoms with E-state index in [1.165, 1.54) is 25.7 Å². The number of benzene rings is 1. The quantitative estimate of drug-likeness (QED) is 0.778. The van der Waals surface area contributed by atoms with Gasteiger partial charge in [0.1, 0.15) is 0 Å². The number of rotatable bonds is 5. The van der Waals surface area contributed by atoms with Crippen LogP contribution in [-0.4, -0.2) is 19.0 Å². The molecule has 2 rings (SSSR count). The van der Waals surface area contributed by atoms with Crippen LogP contribution in [0.3, 0.4) is 0 Å². The summed E-state index contributed by atoms with van der Waals surface area (Å²) >= 11 is 0. The maximum Gasteiger partial charge on any atom is 0.318 e. The second-order valence-corrected chi connectivity index (χ2v) is 5.52. The average molecular weight is 289 g/mol. The van der Waals surface area contributed by atoms with Crippen molar-refractivity contribution in [3.8, 4) is 0 Å². The average Bonchev–Trinajstić information content (AvgIpc) is 3.00. The molecule has 0 saturated heterocycles. The van der Waals surface area contributed by atoms with Crippen molar-refractivity contribution in [1.82, 2.24) is 5.32 Å². The predicted octanol–water partition coefficient (Wildman–Crippen LogP) is 3.35. The van der Waals surface area contributed by atoms with Crippen molar-refractivity contribution >= 4 is 23.3 Å². The number of hydrogen-bond donors (Lipinski definition) is 3. The van der Waals surface area contributed by atoms with Gasteiger partial charge in [-0.05, 0) is 36.6 Å². The van der Waals surface area contributed by atoms with Gasteiger partial charge >= 0.3 is 6.03 Å². The molecule has 21 heavy (non-hydrogen) atoms. The minimum Gasteiger partial charge on any atom is -0.341 e. The van der Waals surface area contributed by atoms with Crippen molar-refractivity contribution in [1.29, 1.82) is 0 Å². The van der Waals surface area contributed by atoms with Crippen LogP contribution in [0.2, 0.25) is 0 Å². The van der Waals surface area contributed by atoms with Crippen LogP contribution in [0, 0.1) is 5.92 Å². The van der Waals surface area contributed by atoms with Crippen molar-refractivity contribution in [2.75, 3.05) is 17.7 Å². The minimum absolute atomic E-state index is 0.0638. The lowest BCUT2D eigenvalue weighted by Crippen LogP contribution is -2.24. The molecule has 0 aromatic heterocycles. The molecule has 0 radical (unpaired) electrons. The highest BCUT2D eigenvalue weighted by Gasteiger charge is 2.16. The van der Waals surface area contributed by atoms with Crippen LogP contribution >= 0.6 is 0 Å². The van der Waals surface area contributed by atoms with Gasteiger partial charge in [-0.3, -0.25) is 4.79 Å². The van der Waals surface area contributed by atoms with Crippen LogP contribution in [0.15, 0.2) is 24.3 Å². The fourth-order valence-electron chi connectivity index (χ4n) is 2.69. The molecule has 5 nitrogen and oxygen atoms in total. The SMILES string of the molecule is CNC(=O)Nc1ccc(NC(=O)CCC2CCCC2)cc1. The van der Waals surface area contributed by atoms with Gasteiger partial charge in [0, 0.05) is 24.8 Å². The molecule has 0 heterocycles. The van der Waals surface area contributed by atoms with Gasteiger partial charge in [0.2, 0.25) is 5.91 Å².